The van der Waals surface area contributed by atoms with Gasteiger partial charge in [0.15, 0.2) is 5.17 Å². The number of hydrogen-bond acceptors (Lipinski definition) is 5. The van der Waals surface area contributed by atoms with Crippen molar-refractivity contribution < 1.29 is 4.74 Å². The van der Waals surface area contributed by atoms with Crippen LogP contribution >= 0.6 is 27.7 Å². The SMILES string of the molecule is COC1(Cc2ccccc2Br)CCC(N2CCN(/C(=N/C#N)SC)CC2)CC1. The Hall–Kier alpha value is -1.07. The van der Waals surface area contributed by atoms with Crippen LogP contribution in [0.1, 0.15) is 31.2 Å². The van der Waals surface area contributed by atoms with Gasteiger partial charge in [0, 0.05) is 50.2 Å². The normalized spacial score (nSPS) is 26.9. The number of piperazine rings is 1. The van der Waals surface area contributed by atoms with Crippen molar-refractivity contribution in [3.05, 3.63) is 34.3 Å². The highest BCUT2D eigenvalue weighted by Crippen LogP contribution is 2.37. The van der Waals surface area contributed by atoms with Crippen LogP contribution in [-0.2, 0) is 11.2 Å². The summed E-state index contributed by atoms with van der Waals surface area (Å²) < 4.78 is 7.24. The highest BCUT2D eigenvalue weighted by Gasteiger charge is 2.38. The third-order valence-electron chi connectivity index (χ3n) is 6.20. The molecule has 1 saturated heterocycles. The van der Waals surface area contributed by atoms with Gasteiger partial charge in [-0.25, -0.2) is 0 Å². The van der Waals surface area contributed by atoms with Gasteiger partial charge < -0.3 is 9.64 Å². The number of nitriles is 1. The van der Waals surface area contributed by atoms with Crippen LogP contribution in [0.25, 0.3) is 0 Å². The first-order chi connectivity index (χ1) is 13.6. The molecule has 1 aliphatic heterocycles. The van der Waals surface area contributed by atoms with E-state index in [0.29, 0.717) is 6.04 Å². The molecule has 1 aliphatic carbocycles. The number of hydrogen-bond donors (Lipinski definition) is 0. The van der Waals surface area contributed by atoms with E-state index in [4.69, 9.17) is 10.00 Å². The van der Waals surface area contributed by atoms with Gasteiger partial charge in [-0.15, -0.1) is 4.99 Å². The van der Waals surface area contributed by atoms with Gasteiger partial charge in [-0.2, -0.15) is 5.26 Å². The van der Waals surface area contributed by atoms with Crippen molar-refractivity contribution in [1.29, 1.82) is 5.26 Å². The van der Waals surface area contributed by atoms with Gasteiger partial charge in [0.1, 0.15) is 0 Å². The topological polar surface area (TPSA) is 51.9 Å². The molecule has 0 aromatic heterocycles. The summed E-state index contributed by atoms with van der Waals surface area (Å²) in [5, 5.41) is 9.69. The van der Waals surface area contributed by atoms with Crippen LogP contribution in [0.3, 0.4) is 0 Å². The summed E-state index contributed by atoms with van der Waals surface area (Å²) in [6.45, 7) is 3.98. The lowest BCUT2D eigenvalue weighted by atomic mass is 9.77. The van der Waals surface area contributed by atoms with Crippen molar-refractivity contribution >= 4 is 32.9 Å². The van der Waals surface area contributed by atoms with Crippen molar-refractivity contribution in [2.24, 2.45) is 4.99 Å². The second-order valence-corrected chi connectivity index (χ2v) is 9.24. The Morgan fingerprint density at radius 1 is 1.29 bits per heavy atom. The molecule has 1 heterocycles. The van der Waals surface area contributed by atoms with Crippen molar-refractivity contribution in [3.8, 4) is 6.19 Å². The summed E-state index contributed by atoms with van der Waals surface area (Å²) in [7, 11) is 1.87. The summed E-state index contributed by atoms with van der Waals surface area (Å²) in [5.41, 5.74) is 1.28. The molecule has 1 aromatic carbocycles. The highest BCUT2D eigenvalue weighted by molar-refractivity contribution is 9.10. The molecule has 152 valence electrons. The fourth-order valence-corrected chi connectivity index (χ4v) is 5.50. The van der Waals surface area contributed by atoms with Crippen LogP contribution in [0, 0.1) is 11.5 Å². The first-order valence-corrected chi connectivity index (χ1v) is 11.9. The van der Waals surface area contributed by atoms with Gasteiger partial charge in [0.25, 0.3) is 0 Å². The predicted molar refractivity (Wildman–Crippen MR) is 120 cm³/mol. The Kier molecular flexibility index (Phi) is 7.81. The van der Waals surface area contributed by atoms with Gasteiger partial charge in [-0.3, -0.25) is 4.90 Å². The van der Waals surface area contributed by atoms with E-state index in [2.05, 4.69) is 55.0 Å². The average molecular weight is 465 g/mol. The number of nitrogens with zero attached hydrogens (tertiary/aromatic N) is 4. The second-order valence-electron chi connectivity index (χ2n) is 7.61. The van der Waals surface area contributed by atoms with Gasteiger partial charge >= 0.3 is 0 Å². The number of halogens is 1. The fourth-order valence-electron chi connectivity index (χ4n) is 4.50. The lowest BCUT2D eigenvalue weighted by Gasteiger charge is -2.45. The van der Waals surface area contributed by atoms with Crippen LogP contribution in [0.2, 0.25) is 0 Å². The summed E-state index contributed by atoms with van der Waals surface area (Å²) in [5.74, 6) is 0. The Morgan fingerprint density at radius 2 is 1.96 bits per heavy atom. The molecule has 0 bridgehead atoms. The molecule has 2 fully saturated rings. The number of thioether (sulfide) groups is 1. The third-order valence-corrected chi connectivity index (χ3v) is 7.69. The van der Waals surface area contributed by atoms with Crippen molar-refractivity contribution in [1.82, 2.24) is 9.80 Å². The molecule has 2 aliphatic rings. The van der Waals surface area contributed by atoms with Crippen LogP contribution in [0.5, 0.6) is 0 Å². The zero-order valence-electron chi connectivity index (χ0n) is 16.7. The third kappa shape index (κ3) is 5.10. The Morgan fingerprint density at radius 3 is 2.54 bits per heavy atom. The molecule has 0 N–H and O–H groups in total. The first kappa shape index (κ1) is 21.6. The summed E-state index contributed by atoms with van der Waals surface area (Å²) in [6, 6.07) is 9.11. The number of benzene rings is 1. The molecule has 1 aromatic rings. The van der Waals surface area contributed by atoms with Gasteiger partial charge in [-0.1, -0.05) is 45.9 Å². The minimum atomic E-state index is -0.0479. The molecular weight excluding hydrogens is 436 g/mol. The largest absolute Gasteiger partial charge is 0.378 e. The van der Waals surface area contributed by atoms with Crippen molar-refractivity contribution in [2.75, 3.05) is 39.5 Å². The Labute approximate surface area is 181 Å². The van der Waals surface area contributed by atoms with E-state index in [1.54, 1.807) is 11.8 Å². The summed E-state index contributed by atoms with van der Waals surface area (Å²) in [4.78, 5) is 8.81. The van der Waals surface area contributed by atoms with E-state index >= 15 is 0 Å². The molecule has 1 saturated carbocycles. The molecule has 0 atom stereocenters. The zero-order valence-corrected chi connectivity index (χ0v) is 19.1. The molecule has 28 heavy (non-hydrogen) atoms. The Bertz CT molecular complexity index is 719. The van der Waals surface area contributed by atoms with Crippen LogP contribution in [0.4, 0.5) is 0 Å². The molecule has 0 radical (unpaired) electrons. The van der Waals surface area contributed by atoms with Crippen LogP contribution in [0.15, 0.2) is 33.7 Å². The average Bonchev–Trinajstić information content (AvgIpc) is 2.74. The maximum absolute atomic E-state index is 8.85. The number of rotatable bonds is 4. The number of aliphatic imine (C=N–C) groups is 1. The lowest BCUT2D eigenvalue weighted by molar-refractivity contribution is -0.0576. The van der Waals surface area contributed by atoms with Crippen LogP contribution in [-0.4, -0.2) is 66.2 Å². The van der Waals surface area contributed by atoms with E-state index in [1.807, 2.05) is 19.6 Å². The monoisotopic (exact) mass is 464 g/mol. The standard InChI is InChI=1S/C21H29BrN4OS/c1-27-21(15-17-5-3-4-6-19(17)22)9-7-18(8-10-21)25-11-13-26(14-12-25)20(28-2)24-16-23/h3-6,18H,7-15H2,1-2H3/b24-20-. The summed E-state index contributed by atoms with van der Waals surface area (Å²) in [6.07, 6.45) is 9.43. The minimum Gasteiger partial charge on any atom is -0.378 e. The molecule has 0 unspecified atom stereocenters. The zero-order chi connectivity index (χ0) is 20.0. The minimum absolute atomic E-state index is 0.0479. The second kappa shape index (κ2) is 10.1. The molecule has 0 amide bonds. The molecule has 3 rings (SSSR count). The quantitative estimate of drug-likeness (QED) is 0.380. The number of ether oxygens (including phenoxy) is 1. The molecule has 0 spiro atoms. The van der Waals surface area contributed by atoms with Crippen molar-refractivity contribution in [3.63, 3.8) is 0 Å². The van der Waals surface area contributed by atoms with Gasteiger partial charge in [-0.05, 0) is 43.6 Å². The van der Waals surface area contributed by atoms with E-state index < -0.39 is 0 Å². The van der Waals surface area contributed by atoms with Crippen molar-refractivity contribution in [2.45, 2.75) is 43.7 Å². The van der Waals surface area contributed by atoms with E-state index in [1.165, 1.54) is 22.9 Å². The van der Waals surface area contributed by atoms with E-state index in [-0.39, 0.29) is 5.60 Å². The highest BCUT2D eigenvalue weighted by atomic mass is 79.9. The molecular formula is C21H29BrN4OS. The van der Waals surface area contributed by atoms with E-state index in [9.17, 15) is 0 Å². The van der Waals surface area contributed by atoms with Gasteiger partial charge in [0.05, 0.1) is 5.60 Å². The smallest absolute Gasteiger partial charge is 0.208 e. The lowest BCUT2D eigenvalue weighted by Crippen LogP contribution is -2.53. The molecule has 5 nitrogen and oxygen atoms in total. The first-order valence-electron chi connectivity index (χ1n) is 9.89. The number of methoxy groups -OCH3 is 1. The molecule has 7 heteroatoms. The van der Waals surface area contributed by atoms with Gasteiger partial charge in [0.2, 0.25) is 6.19 Å². The maximum Gasteiger partial charge on any atom is 0.208 e. The maximum atomic E-state index is 8.85. The summed E-state index contributed by atoms with van der Waals surface area (Å²) >= 11 is 5.24. The number of amidine groups is 1. The fraction of sp³-hybridized carbons (Fsp3) is 0.619. The van der Waals surface area contributed by atoms with E-state index in [0.717, 1.165) is 50.6 Å². The van der Waals surface area contributed by atoms with Crippen LogP contribution < -0.4 is 0 Å². The predicted octanol–water partition coefficient (Wildman–Crippen LogP) is 4.14. The Balaban J connectivity index is 1.54.